The first-order valence-corrected chi connectivity index (χ1v) is 28.7. The number of carbonyl (C=O) groups excluding carboxylic acids is 5. The van der Waals surface area contributed by atoms with Gasteiger partial charge in [0.1, 0.15) is 25.9 Å². The first-order valence-electron chi connectivity index (χ1n) is 28.7. The molecule has 1 amide bonds. The lowest BCUT2D eigenvalue weighted by Gasteiger charge is -2.20. The lowest BCUT2D eigenvalue weighted by atomic mass is 9.95. The summed E-state index contributed by atoms with van der Waals surface area (Å²) >= 11 is 0. The lowest BCUT2D eigenvalue weighted by Crippen LogP contribution is -2.34. The van der Waals surface area contributed by atoms with Crippen LogP contribution in [0.25, 0.3) is 0 Å². The standard InChI is InChI=1S/C58H106N2O12/c1-8-13-18-22-25-31-44-66-56(67-45-32-26-23-19-14-9-2)41-40-55(63)71-49-50(48-70-54(62)39-38-52(36-29-21-16-11-4)72-58(65)59-42-43-60(6)7)47-69-53(61)37-30-24-27-33-46-68-57(64)51(34-17-12-5)35-28-20-15-10-3/h13-14,18-19,50-52,56H,8-12,15-17,20-49H2,1-7H3,(H,59,65)/b18-13-,19-14-. The van der Waals surface area contributed by atoms with Crippen LogP contribution in [0.5, 0.6) is 0 Å². The van der Waals surface area contributed by atoms with Crippen molar-refractivity contribution in [1.29, 1.82) is 0 Å². The van der Waals surface area contributed by atoms with E-state index in [4.69, 9.17) is 33.2 Å². The minimum Gasteiger partial charge on any atom is -0.465 e. The fraction of sp³-hybridized carbons (Fsp3) is 0.845. The molecule has 72 heavy (non-hydrogen) atoms. The first-order chi connectivity index (χ1) is 35.0. The molecule has 14 heteroatoms. The number of allylic oxidation sites excluding steroid dienone is 4. The Bertz CT molecular complexity index is 1350. The van der Waals surface area contributed by atoms with Crippen molar-refractivity contribution in [2.75, 3.05) is 66.8 Å². The number of hydrogen-bond acceptors (Lipinski definition) is 13. The topological polar surface area (TPSA) is 165 Å². The highest BCUT2D eigenvalue weighted by Gasteiger charge is 2.22. The second-order valence-electron chi connectivity index (χ2n) is 19.5. The molecule has 0 aliphatic carbocycles. The first kappa shape index (κ1) is 68.5. The fourth-order valence-corrected chi connectivity index (χ4v) is 7.75. The summed E-state index contributed by atoms with van der Waals surface area (Å²) < 4.78 is 40.6. The molecule has 0 aliphatic heterocycles. The summed E-state index contributed by atoms with van der Waals surface area (Å²) in [5.41, 5.74) is 0. The van der Waals surface area contributed by atoms with E-state index in [2.05, 4.69) is 64.2 Å². The summed E-state index contributed by atoms with van der Waals surface area (Å²) in [6.07, 6.45) is 32.0. The molecule has 0 spiro atoms. The molecule has 3 unspecified atom stereocenters. The minimum absolute atomic E-state index is 0.0236. The molecule has 0 rings (SSSR count). The number of alkyl carbamates (subject to hydrolysis) is 1. The summed E-state index contributed by atoms with van der Waals surface area (Å²) in [5, 5.41) is 2.78. The molecule has 0 radical (unpaired) electrons. The van der Waals surface area contributed by atoms with Crippen LogP contribution in [-0.2, 0) is 52.3 Å². The van der Waals surface area contributed by atoms with E-state index in [1.807, 2.05) is 19.0 Å². The van der Waals surface area contributed by atoms with Gasteiger partial charge in [0, 0.05) is 45.6 Å². The molecule has 0 saturated carbocycles. The van der Waals surface area contributed by atoms with Crippen molar-refractivity contribution in [3.05, 3.63) is 24.3 Å². The average molecular weight is 1020 g/mol. The molecule has 0 saturated heterocycles. The average Bonchev–Trinajstić information content (AvgIpc) is 3.36. The highest BCUT2D eigenvalue weighted by molar-refractivity contribution is 5.72. The maximum absolute atomic E-state index is 13.2. The fourth-order valence-electron chi connectivity index (χ4n) is 7.75. The van der Waals surface area contributed by atoms with Gasteiger partial charge in [0.2, 0.25) is 0 Å². The second kappa shape index (κ2) is 51.0. The number of rotatable bonds is 51. The van der Waals surface area contributed by atoms with Gasteiger partial charge in [-0.1, -0.05) is 130 Å². The third kappa shape index (κ3) is 45.2. The number of hydrogen-bond donors (Lipinski definition) is 1. The molecule has 0 aromatic carbocycles. The number of ether oxygens (including phenoxy) is 7. The maximum Gasteiger partial charge on any atom is 0.407 e. The molecule has 0 aliphatic rings. The van der Waals surface area contributed by atoms with E-state index in [1.165, 1.54) is 12.8 Å². The SMILES string of the molecule is CC/C=C\CCCCOC(CCC(=O)OCC(COC(=O)CCCCCCOC(=O)C(CCCC)CCCCCC)COC(=O)CCC(CCCCCC)OC(=O)NCCN(C)C)OCCCC/C=C\CC. The number of nitrogens with zero attached hydrogens (tertiary/aromatic N) is 1. The molecule has 0 aromatic heterocycles. The zero-order valence-electron chi connectivity index (χ0n) is 46.8. The summed E-state index contributed by atoms with van der Waals surface area (Å²) in [7, 11) is 3.85. The van der Waals surface area contributed by atoms with E-state index in [0.717, 1.165) is 135 Å². The predicted octanol–water partition coefficient (Wildman–Crippen LogP) is 13.3. The van der Waals surface area contributed by atoms with Crippen molar-refractivity contribution in [3.63, 3.8) is 0 Å². The summed E-state index contributed by atoms with van der Waals surface area (Å²) in [4.78, 5) is 66.6. The highest BCUT2D eigenvalue weighted by atomic mass is 16.7. The van der Waals surface area contributed by atoms with Gasteiger partial charge in [-0.3, -0.25) is 19.2 Å². The highest BCUT2D eigenvalue weighted by Crippen LogP contribution is 2.20. The smallest absolute Gasteiger partial charge is 0.407 e. The third-order valence-electron chi connectivity index (χ3n) is 12.3. The number of amides is 1. The van der Waals surface area contributed by atoms with Gasteiger partial charge in [-0.05, 0) is 110 Å². The molecule has 0 aromatic rings. The van der Waals surface area contributed by atoms with Crippen LogP contribution < -0.4 is 5.32 Å². The zero-order valence-corrected chi connectivity index (χ0v) is 46.8. The van der Waals surface area contributed by atoms with Crippen LogP contribution in [0.3, 0.4) is 0 Å². The summed E-state index contributed by atoms with van der Waals surface area (Å²) in [6, 6.07) is 0. The molecule has 3 atom stereocenters. The second-order valence-corrected chi connectivity index (χ2v) is 19.5. The molecule has 1 N–H and O–H groups in total. The van der Waals surface area contributed by atoms with Gasteiger partial charge in [0.25, 0.3) is 0 Å². The van der Waals surface area contributed by atoms with Crippen LogP contribution in [-0.4, -0.2) is 114 Å². The Morgan fingerprint density at radius 3 is 1.54 bits per heavy atom. The van der Waals surface area contributed by atoms with Crippen LogP contribution in [0.4, 0.5) is 4.79 Å². The lowest BCUT2D eigenvalue weighted by molar-refractivity contribution is -0.162. The van der Waals surface area contributed by atoms with Crippen molar-refractivity contribution in [3.8, 4) is 0 Å². The van der Waals surface area contributed by atoms with Gasteiger partial charge < -0.3 is 43.4 Å². The Balaban J connectivity index is 5.43. The van der Waals surface area contributed by atoms with E-state index in [0.29, 0.717) is 58.6 Å². The number of likely N-dealkylation sites (N-methyl/N-ethyl adjacent to an activating group) is 1. The number of nitrogens with one attached hydrogen (secondary N) is 1. The Hall–Kier alpha value is -3.49. The predicted molar refractivity (Wildman–Crippen MR) is 288 cm³/mol. The Morgan fingerprint density at radius 1 is 0.486 bits per heavy atom. The van der Waals surface area contributed by atoms with Gasteiger partial charge in [0.15, 0.2) is 6.29 Å². The minimum atomic E-state index is -0.597. The van der Waals surface area contributed by atoms with Crippen molar-refractivity contribution in [2.45, 2.75) is 240 Å². The largest absolute Gasteiger partial charge is 0.465 e. The number of carbonyl (C=O) groups is 5. The van der Waals surface area contributed by atoms with Crippen LogP contribution >= 0.6 is 0 Å². The molecule has 14 nitrogen and oxygen atoms in total. The number of esters is 4. The number of unbranched alkanes of at least 4 members (excludes halogenated alkanes) is 14. The molecule has 0 heterocycles. The monoisotopic (exact) mass is 1020 g/mol. The van der Waals surface area contributed by atoms with Crippen LogP contribution in [0.1, 0.15) is 227 Å². The van der Waals surface area contributed by atoms with E-state index < -0.39 is 42.3 Å². The molecule has 420 valence electrons. The third-order valence-corrected chi connectivity index (χ3v) is 12.3. The van der Waals surface area contributed by atoms with Crippen LogP contribution in [0, 0.1) is 11.8 Å². The van der Waals surface area contributed by atoms with E-state index >= 15 is 0 Å². The molecule has 0 bridgehead atoms. The van der Waals surface area contributed by atoms with Crippen molar-refractivity contribution in [2.24, 2.45) is 11.8 Å². The summed E-state index contributed by atoms with van der Waals surface area (Å²) in [5.74, 6) is -2.03. The Kier molecular flexibility index (Phi) is 48.5. The van der Waals surface area contributed by atoms with E-state index in [9.17, 15) is 24.0 Å². The van der Waals surface area contributed by atoms with Gasteiger partial charge in [-0.25, -0.2) is 4.79 Å². The Morgan fingerprint density at radius 2 is 0.986 bits per heavy atom. The van der Waals surface area contributed by atoms with E-state index in [1.54, 1.807) is 0 Å². The maximum atomic E-state index is 13.2. The molecular weight excluding hydrogens is 917 g/mol. The quantitative estimate of drug-likeness (QED) is 0.0201. The van der Waals surface area contributed by atoms with Crippen LogP contribution in [0.2, 0.25) is 0 Å². The van der Waals surface area contributed by atoms with Crippen molar-refractivity contribution < 1.29 is 57.1 Å². The van der Waals surface area contributed by atoms with Gasteiger partial charge in [0.05, 0.1) is 24.9 Å². The molecular formula is C58H106N2O12. The summed E-state index contributed by atoms with van der Waals surface area (Å²) in [6.45, 7) is 12.9. The van der Waals surface area contributed by atoms with Crippen LogP contribution in [0.15, 0.2) is 24.3 Å². The van der Waals surface area contributed by atoms with Crippen molar-refractivity contribution >= 4 is 30.0 Å². The molecule has 0 fully saturated rings. The zero-order chi connectivity index (χ0) is 53.1. The normalized spacial score (nSPS) is 12.9. The van der Waals surface area contributed by atoms with E-state index in [-0.39, 0.29) is 51.0 Å². The van der Waals surface area contributed by atoms with Gasteiger partial charge >= 0.3 is 30.0 Å². The Labute approximate surface area is 438 Å². The van der Waals surface area contributed by atoms with Gasteiger partial charge in [-0.15, -0.1) is 0 Å². The van der Waals surface area contributed by atoms with Crippen molar-refractivity contribution in [1.82, 2.24) is 10.2 Å². The van der Waals surface area contributed by atoms with Gasteiger partial charge in [-0.2, -0.15) is 0 Å².